The van der Waals surface area contributed by atoms with Crippen molar-refractivity contribution in [2.45, 2.75) is 18.8 Å². The van der Waals surface area contributed by atoms with E-state index in [4.69, 9.17) is 11.5 Å². The molecule has 94 valence electrons. The van der Waals surface area contributed by atoms with Crippen molar-refractivity contribution in [1.29, 1.82) is 0 Å². The van der Waals surface area contributed by atoms with Crippen molar-refractivity contribution in [2.24, 2.45) is 11.5 Å². The molecule has 0 fully saturated rings. The van der Waals surface area contributed by atoms with Crippen molar-refractivity contribution in [1.82, 2.24) is 0 Å². The zero-order valence-electron chi connectivity index (χ0n) is 8.70. The van der Waals surface area contributed by atoms with Crippen molar-refractivity contribution in [3.63, 3.8) is 0 Å². The van der Waals surface area contributed by atoms with Gasteiger partial charge in [-0.2, -0.15) is 0 Å². The zero-order chi connectivity index (χ0) is 13.1. The van der Waals surface area contributed by atoms with Crippen molar-refractivity contribution >= 4 is 5.91 Å². The number of carbonyl (C=O) groups is 1. The van der Waals surface area contributed by atoms with Crippen LogP contribution in [0, 0.1) is 0 Å². The van der Waals surface area contributed by atoms with Crippen LogP contribution in [0.3, 0.4) is 0 Å². The zero-order valence-corrected chi connectivity index (χ0v) is 8.70. The number of benzene rings is 1. The summed E-state index contributed by atoms with van der Waals surface area (Å²) in [7, 11) is 0. The van der Waals surface area contributed by atoms with Gasteiger partial charge in [0.15, 0.2) is 0 Å². The summed E-state index contributed by atoms with van der Waals surface area (Å²) in [5, 5.41) is 0. The average Bonchev–Trinajstić information content (AvgIpc) is 2.14. The third kappa shape index (κ3) is 4.31. The Kier molecular flexibility index (Phi) is 3.95. The van der Waals surface area contributed by atoms with Crippen LogP contribution < -0.4 is 16.2 Å². The van der Waals surface area contributed by atoms with E-state index in [0.717, 1.165) is 6.07 Å². The number of amides is 1. The summed E-state index contributed by atoms with van der Waals surface area (Å²) in [5.74, 6) is -1.12. The van der Waals surface area contributed by atoms with Gasteiger partial charge in [0.25, 0.3) is 0 Å². The van der Waals surface area contributed by atoms with Crippen LogP contribution in [0.4, 0.5) is 13.2 Å². The van der Waals surface area contributed by atoms with E-state index < -0.39 is 24.1 Å². The Morgan fingerprint density at radius 2 is 1.94 bits per heavy atom. The third-order valence-electron chi connectivity index (χ3n) is 1.97. The molecule has 0 saturated heterocycles. The predicted octanol–water partition coefficient (Wildman–Crippen LogP) is 1.46. The summed E-state index contributed by atoms with van der Waals surface area (Å²) >= 11 is 0. The summed E-state index contributed by atoms with van der Waals surface area (Å²) in [6.45, 7) is 0. The molecule has 1 rings (SSSR count). The molecular weight excluding hydrogens is 237 g/mol. The van der Waals surface area contributed by atoms with E-state index in [0.29, 0.717) is 0 Å². The van der Waals surface area contributed by atoms with E-state index in [2.05, 4.69) is 4.74 Å². The highest BCUT2D eigenvalue weighted by atomic mass is 19.4. The standard InChI is InChI=1S/C10H11F3N2O2/c11-10(12,13)17-8-4-2-1-3-6(8)7(14)5-9(15)16/h1-4,7H,5,14H2,(H2,15,16)/t7-/m1/s1. The van der Waals surface area contributed by atoms with Crippen molar-refractivity contribution in [3.8, 4) is 5.75 Å². The maximum atomic E-state index is 12.1. The first-order valence-corrected chi connectivity index (χ1v) is 4.68. The first kappa shape index (κ1) is 13.3. The Morgan fingerprint density at radius 1 is 1.35 bits per heavy atom. The monoisotopic (exact) mass is 248 g/mol. The number of alkyl halides is 3. The fraction of sp³-hybridized carbons (Fsp3) is 0.300. The Morgan fingerprint density at radius 3 is 2.47 bits per heavy atom. The first-order chi connectivity index (χ1) is 7.79. The van der Waals surface area contributed by atoms with Crippen LogP contribution in [0.2, 0.25) is 0 Å². The maximum absolute atomic E-state index is 12.1. The molecule has 0 bridgehead atoms. The number of ether oxygens (including phenoxy) is 1. The third-order valence-corrected chi connectivity index (χ3v) is 1.97. The lowest BCUT2D eigenvalue weighted by atomic mass is 10.0. The average molecular weight is 248 g/mol. The Hall–Kier alpha value is -1.76. The van der Waals surface area contributed by atoms with Crippen molar-refractivity contribution in [3.05, 3.63) is 29.8 Å². The molecule has 7 heteroatoms. The Labute approximate surface area is 95.3 Å². The minimum Gasteiger partial charge on any atom is -0.405 e. The first-order valence-electron chi connectivity index (χ1n) is 4.68. The number of hydrogen-bond donors (Lipinski definition) is 2. The number of primary amides is 1. The van der Waals surface area contributed by atoms with Gasteiger partial charge in [0, 0.05) is 18.0 Å². The Bertz CT molecular complexity index is 407. The molecule has 1 aromatic carbocycles. The quantitative estimate of drug-likeness (QED) is 0.846. The predicted molar refractivity (Wildman–Crippen MR) is 53.9 cm³/mol. The molecule has 0 saturated carbocycles. The van der Waals surface area contributed by atoms with Crippen LogP contribution in [-0.4, -0.2) is 12.3 Å². The topological polar surface area (TPSA) is 78.3 Å². The molecule has 0 aliphatic carbocycles. The largest absolute Gasteiger partial charge is 0.573 e. The molecule has 0 aliphatic heterocycles. The number of halogens is 3. The number of carbonyl (C=O) groups excluding carboxylic acids is 1. The molecular formula is C10H11F3N2O2. The molecule has 4 N–H and O–H groups in total. The SMILES string of the molecule is NC(=O)C[C@@H](N)c1ccccc1OC(F)(F)F. The van der Waals surface area contributed by atoms with Gasteiger partial charge in [0.05, 0.1) is 0 Å². The maximum Gasteiger partial charge on any atom is 0.573 e. The van der Waals surface area contributed by atoms with E-state index >= 15 is 0 Å². The number of hydrogen-bond acceptors (Lipinski definition) is 3. The van der Waals surface area contributed by atoms with Gasteiger partial charge in [-0.3, -0.25) is 4.79 Å². The van der Waals surface area contributed by atoms with Gasteiger partial charge in [-0.05, 0) is 6.07 Å². The lowest BCUT2D eigenvalue weighted by Gasteiger charge is -2.16. The molecule has 0 unspecified atom stereocenters. The van der Waals surface area contributed by atoms with E-state index in [1.807, 2.05) is 0 Å². The molecule has 4 nitrogen and oxygen atoms in total. The molecule has 0 spiro atoms. The summed E-state index contributed by atoms with van der Waals surface area (Å²) in [5.41, 5.74) is 10.6. The fourth-order valence-corrected chi connectivity index (χ4v) is 1.33. The van der Waals surface area contributed by atoms with Gasteiger partial charge in [-0.15, -0.1) is 13.2 Å². The van der Waals surface area contributed by atoms with Crippen LogP contribution in [0.15, 0.2) is 24.3 Å². The second-order valence-corrected chi connectivity index (χ2v) is 3.36. The second kappa shape index (κ2) is 5.05. The van der Waals surface area contributed by atoms with Gasteiger partial charge in [0.1, 0.15) is 5.75 Å². The van der Waals surface area contributed by atoms with Gasteiger partial charge >= 0.3 is 6.36 Å². The second-order valence-electron chi connectivity index (χ2n) is 3.36. The van der Waals surface area contributed by atoms with Crippen molar-refractivity contribution < 1.29 is 22.7 Å². The van der Waals surface area contributed by atoms with Crippen LogP contribution in [0.25, 0.3) is 0 Å². The molecule has 0 aliphatic rings. The van der Waals surface area contributed by atoms with E-state index in [1.54, 1.807) is 0 Å². The smallest absolute Gasteiger partial charge is 0.405 e. The highest BCUT2D eigenvalue weighted by molar-refractivity contribution is 5.74. The summed E-state index contributed by atoms with van der Waals surface area (Å²) < 4.78 is 40.1. The van der Waals surface area contributed by atoms with E-state index in [9.17, 15) is 18.0 Å². The lowest BCUT2D eigenvalue weighted by Crippen LogP contribution is -2.23. The van der Waals surface area contributed by atoms with E-state index in [-0.39, 0.29) is 12.0 Å². The summed E-state index contributed by atoms with van der Waals surface area (Å²) in [4.78, 5) is 10.7. The van der Waals surface area contributed by atoms with Crippen LogP contribution in [0.1, 0.15) is 18.0 Å². The van der Waals surface area contributed by atoms with Crippen molar-refractivity contribution in [2.75, 3.05) is 0 Å². The number of rotatable bonds is 4. The summed E-state index contributed by atoms with van der Waals surface area (Å²) in [6.07, 6.45) is -5.05. The van der Waals surface area contributed by atoms with E-state index in [1.165, 1.54) is 18.2 Å². The molecule has 1 aromatic rings. The molecule has 0 radical (unpaired) electrons. The lowest BCUT2D eigenvalue weighted by molar-refractivity contribution is -0.274. The molecule has 0 heterocycles. The van der Waals surface area contributed by atoms with Gasteiger partial charge in [-0.25, -0.2) is 0 Å². The minimum atomic E-state index is -4.80. The molecule has 1 atom stereocenters. The fourth-order valence-electron chi connectivity index (χ4n) is 1.33. The molecule has 17 heavy (non-hydrogen) atoms. The number of nitrogens with two attached hydrogens (primary N) is 2. The Balaban J connectivity index is 2.95. The minimum absolute atomic E-state index is 0.0867. The van der Waals surface area contributed by atoms with Gasteiger partial charge in [-0.1, -0.05) is 18.2 Å². The highest BCUT2D eigenvalue weighted by Crippen LogP contribution is 2.30. The highest BCUT2D eigenvalue weighted by Gasteiger charge is 2.32. The van der Waals surface area contributed by atoms with Crippen LogP contribution >= 0.6 is 0 Å². The van der Waals surface area contributed by atoms with Gasteiger partial charge < -0.3 is 16.2 Å². The normalized spacial score (nSPS) is 13.2. The van der Waals surface area contributed by atoms with Crippen LogP contribution in [-0.2, 0) is 4.79 Å². The molecule has 0 aromatic heterocycles. The van der Waals surface area contributed by atoms with Crippen LogP contribution in [0.5, 0.6) is 5.75 Å². The number of para-hydroxylation sites is 1. The summed E-state index contributed by atoms with van der Waals surface area (Å²) in [6, 6.07) is 4.44. The molecule has 1 amide bonds. The van der Waals surface area contributed by atoms with Gasteiger partial charge in [0.2, 0.25) is 5.91 Å².